The lowest BCUT2D eigenvalue weighted by Gasteiger charge is -2.23. The summed E-state index contributed by atoms with van der Waals surface area (Å²) in [5.41, 5.74) is 0. The average molecular weight is 184 g/mol. The summed E-state index contributed by atoms with van der Waals surface area (Å²) < 4.78 is 5.45. The Hall–Kier alpha value is -0.610. The van der Waals surface area contributed by atoms with E-state index in [4.69, 9.17) is 4.74 Å². The van der Waals surface area contributed by atoms with Gasteiger partial charge in [0.2, 0.25) is 5.91 Å². The van der Waals surface area contributed by atoms with Crippen molar-refractivity contribution in [3.05, 3.63) is 0 Å². The molecule has 0 bridgehead atoms. The average Bonchev–Trinajstić information content (AvgIpc) is 2.99. The Morgan fingerprint density at radius 3 is 3.00 bits per heavy atom. The van der Waals surface area contributed by atoms with Gasteiger partial charge >= 0.3 is 0 Å². The fourth-order valence-corrected chi connectivity index (χ4v) is 1.46. The van der Waals surface area contributed by atoms with Crippen LogP contribution < -0.4 is 10.6 Å². The molecule has 1 saturated carbocycles. The van der Waals surface area contributed by atoms with Crippen LogP contribution in [0.15, 0.2) is 0 Å². The normalized spacial score (nSPS) is 28.5. The number of morpholine rings is 1. The third-order valence-corrected chi connectivity index (χ3v) is 2.46. The first-order chi connectivity index (χ1) is 6.36. The van der Waals surface area contributed by atoms with Gasteiger partial charge in [0.15, 0.2) is 0 Å². The molecule has 1 aliphatic carbocycles. The van der Waals surface area contributed by atoms with Gasteiger partial charge in [-0.25, -0.2) is 0 Å². The third kappa shape index (κ3) is 2.67. The van der Waals surface area contributed by atoms with Gasteiger partial charge in [-0.05, 0) is 12.8 Å². The number of carbonyl (C=O) groups excluding carboxylic acids is 1. The van der Waals surface area contributed by atoms with E-state index in [0.29, 0.717) is 12.5 Å². The minimum atomic E-state index is 0.163. The molecule has 2 rings (SSSR count). The molecule has 1 aliphatic heterocycles. The van der Waals surface area contributed by atoms with Crippen molar-refractivity contribution in [2.24, 2.45) is 5.92 Å². The van der Waals surface area contributed by atoms with Gasteiger partial charge in [0.1, 0.15) is 0 Å². The van der Waals surface area contributed by atoms with Crippen LogP contribution >= 0.6 is 0 Å². The Labute approximate surface area is 78.0 Å². The Kier molecular flexibility index (Phi) is 2.80. The van der Waals surface area contributed by atoms with Gasteiger partial charge in [-0.1, -0.05) is 0 Å². The van der Waals surface area contributed by atoms with Gasteiger partial charge in [0, 0.05) is 25.6 Å². The zero-order chi connectivity index (χ0) is 9.10. The Morgan fingerprint density at radius 1 is 1.54 bits per heavy atom. The third-order valence-electron chi connectivity index (χ3n) is 2.46. The van der Waals surface area contributed by atoms with Crippen molar-refractivity contribution in [1.82, 2.24) is 10.6 Å². The molecule has 1 heterocycles. The molecule has 0 aromatic rings. The van der Waals surface area contributed by atoms with E-state index in [1.165, 1.54) is 0 Å². The van der Waals surface area contributed by atoms with Crippen LogP contribution in [-0.4, -0.2) is 38.3 Å². The molecule has 4 nitrogen and oxygen atoms in total. The molecule has 2 N–H and O–H groups in total. The summed E-state index contributed by atoms with van der Waals surface area (Å²) in [5.74, 6) is 0.505. The number of hydrogen-bond donors (Lipinski definition) is 2. The van der Waals surface area contributed by atoms with Crippen molar-refractivity contribution in [3.63, 3.8) is 0 Å². The van der Waals surface area contributed by atoms with Crippen LogP contribution in [0.2, 0.25) is 0 Å². The summed E-state index contributed by atoms with van der Waals surface area (Å²) in [5, 5.41) is 6.14. The summed E-state index contributed by atoms with van der Waals surface area (Å²) in [6.07, 6.45) is 2.29. The predicted octanol–water partition coefficient (Wildman–Crippen LogP) is -0.499. The zero-order valence-electron chi connectivity index (χ0n) is 7.71. The van der Waals surface area contributed by atoms with Gasteiger partial charge in [-0.3, -0.25) is 4.79 Å². The molecule has 0 spiro atoms. The van der Waals surface area contributed by atoms with E-state index in [-0.39, 0.29) is 12.0 Å². The number of nitrogens with one attached hydrogen (secondary N) is 2. The highest BCUT2D eigenvalue weighted by Crippen LogP contribution is 2.28. The number of carbonyl (C=O) groups is 1. The molecule has 0 unspecified atom stereocenters. The van der Waals surface area contributed by atoms with Crippen molar-refractivity contribution in [2.75, 3.05) is 26.2 Å². The van der Waals surface area contributed by atoms with Crippen molar-refractivity contribution in [1.29, 1.82) is 0 Å². The number of rotatable bonds is 3. The molecule has 2 aliphatic rings. The summed E-state index contributed by atoms with van der Waals surface area (Å²) >= 11 is 0. The largest absolute Gasteiger partial charge is 0.374 e. The van der Waals surface area contributed by atoms with Crippen LogP contribution in [0.25, 0.3) is 0 Å². The Balaban J connectivity index is 1.62. The van der Waals surface area contributed by atoms with E-state index < -0.39 is 0 Å². The van der Waals surface area contributed by atoms with Gasteiger partial charge in [0.25, 0.3) is 0 Å². The molecule has 1 amide bonds. The van der Waals surface area contributed by atoms with E-state index in [1.807, 2.05) is 0 Å². The maximum Gasteiger partial charge on any atom is 0.223 e. The lowest BCUT2D eigenvalue weighted by atomic mass is 10.3. The minimum Gasteiger partial charge on any atom is -0.374 e. The van der Waals surface area contributed by atoms with Crippen molar-refractivity contribution >= 4 is 5.91 Å². The maximum absolute atomic E-state index is 11.3. The van der Waals surface area contributed by atoms with E-state index >= 15 is 0 Å². The van der Waals surface area contributed by atoms with Crippen LogP contribution in [0, 0.1) is 5.92 Å². The Morgan fingerprint density at radius 2 is 2.38 bits per heavy atom. The molecule has 1 saturated heterocycles. The summed E-state index contributed by atoms with van der Waals surface area (Å²) in [7, 11) is 0. The topological polar surface area (TPSA) is 50.4 Å². The molecule has 0 radical (unpaired) electrons. The van der Waals surface area contributed by atoms with Gasteiger partial charge in [-0.2, -0.15) is 0 Å². The first kappa shape index (κ1) is 8.97. The Bertz CT molecular complexity index is 186. The minimum absolute atomic E-state index is 0.163. The van der Waals surface area contributed by atoms with Crippen molar-refractivity contribution in [3.8, 4) is 0 Å². The molecule has 74 valence electrons. The monoisotopic (exact) mass is 184 g/mol. The molecule has 1 atom stereocenters. The first-order valence-electron chi connectivity index (χ1n) is 4.96. The SMILES string of the molecule is O=C(NC[C@@H]1CNCCO1)C1CC1. The summed E-state index contributed by atoms with van der Waals surface area (Å²) in [6, 6.07) is 0. The quantitative estimate of drug-likeness (QED) is 0.622. The van der Waals surface area contributed by atoms with Gasteiger partial charge < -0.3 is 15.4 Å². The van der Waals surface area contributed by atoms with Crippen molar-refractivity contribution < 1.29 is 9.53 Å². The van der Waals surface area contributed by atoms with E-state index in [0.717, 1.165) is 32.5 Å². The smallest absolute Gasteiger partial charge is 0.223 e. The number of hydrogen-bond acceptors (Lipinski definition) is 3. The van der Waals surface area contributed by atoms with Crippen LogP contribution in [0.3, 0.4) is 0 Å². The van der Waals surface area contributed by atoms with E-state index in [2.05, 4.69) is 10.6 Å². The van der Waals surface area contributed by atoms with Crippen LogP contribution in [0.1, 0.15) is 12.8 Å². The lowest BCUT2D eigenvalue weighted by Crippen LogP contribution is -2.45. The lowest BCUT2D eigenvalue weighted by molar-refractivity contribution is -0.123. The molecular weight excluding hydrogens is 168 g/mol. The molecular formula is C9H16N2O2. The highest BCUT2D eigenvalue weighted by Gasteiger charge is 2.29. The second kappa shape index (κ2) is 4.07. The molecule has 13 heavy (non-hydrogen) atoms. The highest BCUT2D eigenvalue weighted by molar-refractivity contribution is 5.80. The maximum atomic E-state index is 11.3. The molecule has 0 aromatic carbocycles. The number of ether oxygens (including phenoxy) is 1. The number of amides is 1. The van der Waals surface area contributed by atoms with Crippen LogP contribution in [0.4, 0.5) is 0 Å². The van der Waals surface area contributed by atoms with Crippen molar-refractivity contribution in [2.45, 2.75) is 18.9 Å². The molecule has 2 fully saturated rings. The summed E-state index contributed by atoms with van der Waals surface area (Å²) in [4.78, 5) is 11.3. The van der Waals surface area contributed by atoms with Gasteiger partial charge in [0.05, 0.1) is 12.7 Å². The second-order valence-corrected chi connectivity index (χ2v) is 3.72. The standard InChI is InChI=1S/C9H16N2O2/c12-9(7-1-2-7)11-6-8-5-10-3-4-13-8/h7-8,10H,1-6H2,(H,11,12)/t8-/m0/s1. The van der Waals surface area contributed by atoms with E-state index in [1.54, 1.807) is 0 Å². The van der Waals surface area contributed by atoms with Crippen LogP contribution in [0.5, 0.6) is 0 Å². The molecule has 4 heteroatoms. The highest BCUT2D eigenvalue weighted by atomic mass is 16.5. The zero-order valence-corrected chi connectivity index (χ0v) is 7.71. The summed E-state index contributed by atoms with van der Waals surface area (Å²) in [6.45, 7) is 3.18. The van der Waals surface area contributed by atoms with Gasteiger partial charge in [-0.15, -0.1) is 0 Å². The second-order valence-electron chi connectivity index (χ2n) is 3.72. The first-order valence-corrected chi connectivity index (χ1v) is 4.96. The molecule has 0 aromatic heterocycles. The van der Waals surface area contributed by atoms with E-state index in [9.17, 15) is 4.79 Å². The predicted molar refractivity (Wildman–Crippen MR) is 48.3 cm³/mol. The fourth-order valence-electron chi connectivity index (χ4n) is 1.46. The fraction of sp³-hybridized carbons (Fsp3) is 0.889. The van der Waals surface area contributed by atoms with Crippen LogP contribution in [-0.2, 0) is 9.53 Å².